The Morgan fingerprint density at radius 3 is 2.94 bits per heavy atom. The second kappa shape index (κ2) is 9.72. The average Bonchev–Trinajstić information content (AvgIpc) is 3.47. The van der Waals surface area contributed by atoms with Crippen molar-refractivity contribution in [2.75, 3.05) is 18.4 Å². The Hall–Kier alpha value is -2.55. The van der Waals surface area contributed by atoms with Gasteiger partial charge in [0, 0.05) is 18.5 Å². The first-order chi connectivity index (χ1) is 15.0. The van der Waals surface area contributed by atoms with Gasteiger partial charge in [0.05, 0.1) is 34.5 Å². The summed E-state index contributed by atoms with van der Waals surface area (Å²) in [5, 5.41) is 9.04. The number of piperidine rings is 1. The number of rotatable bonds is 6. The lowest BCUT2D eigenvalue weighted by Gasteiger charge is -2.31. The molecule has 4 rings (SSSR count). The van der Waals surface area contributed by atoms with E-state index in [-0.39, 0.29) is 17.7 Å². The number of hydrogen-bond acceptors (Lipinski definition) is 6. The van der Waals surface area contributed by atoms with Crippen LogP contribution in [0.25, 0.3) is 0 Å². The number of carbonyl (C=O) groups excluding carboxylic acids is 2. The van der Waals surface area contributed by atoms with Crippen LogP contribution in [0.3, 0.4) is 0 Å². The minimum atomic E-state index is -0.255. The molecule has 1 aliphatic rings. The molecule has 2 amide bonds. The summed E-state index contributed by atoms with van der Waals surface area (Å²) >= 11 is 13.5. The number of anilines is 2. The first-order valence-electron chi connectivity index (χ1n) is 9.77. The molecule has 0 saturated carbocycles. The molecular weight excluding hydrogens is 459 g/mol. The highest BCUT2D eigenvalue weighted by Gasteiger charge is 2.30. The molecule has 2 N–H and O–H groups in total. The van der Waals surface area contributed by atoms with Crippen LogP contribution in [-0.4, -0.2) is 34.8 Å². The van der Waals surface area contributed by atoms with Gasteiger partial charge in [-0.25, -0.2) is 4.98 Å². The second-order valence-corrected chi connectivity index (χ2v) is 8.80. The van der Waals surface area contributed by atoms with Crippen LogP contribution in [0, 0.1) is 5.92 Å². The van der Waals surface area contributed by atoms with E-state index < -0.39 is 0 Å². The van der Waals surface area contributed by atoms with E-state index in [4.69, 9.17) is 27.6 Å². The van der Waals surface area contributed by atoms with Crippen LogP contribution in [0.15, 0.2) is 46.4 Å². The number of thiazole rings is 1. The normalized spacial score (nSPS) is 16.2. The summed E-state index contributed by atoms with van der Waals surface area (Å²) in [4.78, 5) is 31.6. The second-order valence-electron chi connectivity index (χ2n) is 7.15. The molecule has 0 aliphatic carbocycles. The molecule has 0 spiro atoms. The van der Waals surface area contributed by atoms with Crippen molar-refractivity contribution in [3.63, 3.8) is 0 Å². The van der Waals surface area contributed by atoms with Gasteiger partial charge in [-0.2, -0.15) is 0 Å². The van der Waals surface area contributed by atoms with Crippen LogP contribution in [0.4, 0.5) is 10.8 Å². The molecule has 3 heterocycles. The van der Waals surface area contributed by atoms with E-state index in [1.807, 2.05) is 0 Å². The van der Waals surface area contributed by atoms with Crippen LogP contribution in [0.5, 0.6) is 0 Å². The Bertz CT molecular complexity index is 1070. The standard InChI is InChI=1S/C21H20Cl2N4O3S/c22-15-6-1-7-16(18(15)23)25-21-26-17(12-31-21)20(29)27-8-2-4-13(11-27)19(28)24-10-14-5-3-9-30-14/h1,3,5-7,9,12-13H,2,4,8,10-11H2,(H,24,28)(H,25,26)/t13-/m1/s1. The third-order valence-corrected chi connectivity index (χ3v) is 6.59. The minimum Gasteiger partial charge on any atom is -0.467 e. The van der Waals surface area contributed by atoms with Gasteiger partial charge in [0.15, 0.2) is 5.13 Å². The Balaban J connectivity index is 1.36. The molecule has 1 aliphatic heterocycles. The molecule has 2 aromatic heterocycles. The molecule has 1 saturated heterocycles. The van der Waals surface area contributed by atoms with Gasteiger partial charge in [0.1, 0.15) is 11.5 Å². The molecule has 7 nitrogen and oxygen atoms in total. The van der Waals surface area contributed by atoms with Crippen LogP contribution >= 0.6 is 34.5 Å². The summed E-state index contributed by atoms with van der Waals surface area (Å²) in [6.45, 7) is 1.30. The van der Waals surface area contributed by atoms with Crippen LogP contribution in [0.1, 0.15) is 29.1 Å². The lowest BCUT2D eigenvalue weighted by molar-refractivity contribution is -0.126. The van der Waals surface area contributed by atoms with Crippen molar-refractivity contribution in [3.05, 3.63) is 63.5 Å². The topological polar surface area (TPSA) is 87.5 Å². The van der Waals surface area contributed by atoms with Gasteiger partial charge in [0.2, 0.25) is 5.91 Å². The van der Waals surface area contributed by atoms with Crippen LogP contribution in [0.2, 0.25) is 10.0 Å². The average molecular weight is 479 g/mol. The maximum Gasteiger partial charge on any atom is 0.273 e. The molecule has 0 radical (unpaired) electrons. The van der Waals surface area contributed by atoms with Gasteiger partial charge in [0.25, 0.3) is 5.91 Å². The fourth-order valence-electron chi connectivity index (χ4n) is 3.41. The molecule has 1 atom stereocenters. The molecule has 1 fully saturated rings. The first kappa shape index (κ1) is 21.7. The number of benzene rings is 1. The van der Waals surface area contributed by atoms with Crippen LogP contribution in [-0.2, 0) is 11.3 Å². The third kappa shape index (κ3) is 5.20. The molecule has 0 unspecified atom stereocenters. The van der Waals surface area contributed by atoms with E-state index in [2.05, 4.69) is 15.6 Å². The quantitative estimate of drug-likeness (QED) is 0.522. The molecule has 1 aromatic carbocycles. The Morgan fingerprint density at radius 1 is 1.26 bits per heavy atom. The predicted octanol–water partition coefficient (Wildman–Crippen LogP) is 4.96. The maximum absolute atomic E-state index is 12.9. The number of amides is 2. The zero-order valence-electron chi connectivity index (χ0n) is 16.4. The van der Waals surface area contributed by atoms with Gasteiger partial charge in [-0.15, -0.1) is 11.3 Å². The third-order valence-electron chi connectivity index (χ3n) is 5.01. The number of likely N-dealkylation sites (tertiary alicyclic amines) is 1. The maximum atomic E-state index is 12.9. The number of furan rings is 1. The number of hydrogen-bond donors (Lipinski definition) is 2. The Morgan fingerprint density at radius 2 is 2.13 bits per heavy atom. The summed E-state index contributed by atoms with van der Waals surface area (Å²) in [6, 6.07) is 8.85. The molecule has 31 heavy (non-hydrogen) atoms. The molecular formula is C21H20Cl2N4O3S. The zero-order valence-corrected chi connectivity index (χ0v) is 18.8. The molecule has 3 aromatic rings. The van der Waals surface area contributed by atoms with E-state index in [1.54, 1.807) is 46.9 Å². The van der Waals surface area contributed by atoms with Gasteiger partial charge >= 0.3 is 0 Å². The fourth-order valence-corrected chi connectivity index (χ4v) is 4.46. The Kier molecular flexibility index (Phi) is 6.80. The molecule has 0 bridgehead atoms. The van der Waals surface area contributed by atoms with Crippen molar-refractivity contribution < 1.29 is 14.0 Å². The van der Waals surface area contributed by atoms with Crippen molar-refractivity contribution in [2.24, 2.45) is 5.92 Å². The van der Waals surface area contributed by atoms with Crippen molar-refractivity contribution in [1.29, 1.82) is 0 Å². The number of nitrogens with zero attached hydrogens (tertiary/aromatic N) is 2. The number of nitrogens with one attached hydrogen (secondary N) is 2. The number of halogens is 2. The predicted molar refractivity (Wildman–Crippen MR) is 121 cm³/mol. The summed E-state index contributed by atoms with van der Waals surface area (Å²) in [6.07, 6.45) is 3.07. The fraction of sp³-hybridized carbons (Fsp3) is 0.286. The summed E-state index contributed by atoms with van der Waals surface area (Å²) in [5.41, 5.74) is 0.955. The lowest BCUT2D eigenvalue weighted by atomic mass is 9.97. The lowest BCUT2D eigenvalue weighted by Crippen LogP contribution is -2.45. The number of carbonyl (C=O) groups is 2. The van der Waals surface area contributed by atoms with Crippen molar-refractivity contribution in [1.82, 2.24) is 15.2 Å². The molecule has 162 valence electrons. The summed E-state index contributed by atoms with van der Waals surface area (Å²) in [5.74, 6) is 0.170. The van der Waals surface area contributed by atoms with Crippen LogP contribution < -0.4 is 10.6 Å². The van der Waals surface area contributed by atoms with Gasteiger partial charge in [-0.05, 0) is 37.1 Å². The van der Waals surface area contributed by atoms with Crippen molar-refractivity contribution >= 4 is 57.2 Å². The SMILES string of the molecule is O=C(NCc1ccco1)[C@@H]1CCCN(C(=O)c2csc(Nc3cccc(Cl)c3Cl)n2)C1. The van der Waals surface area contributed by atoms with Gasteiger partial charge in [-0.3, -0.25) is 9.59 Å². The zero-order chi connectivity index (χ0) is 21.8. The highest BCUT2D eigenvalue weighted by molar-refractivity contribution is 7.14. The van der Waals surface area contributed by atoms with Crippen molar-refractivity contribution in [3.8, 4) is 0 Å². The summed E-state index contributed by atoms with van der Waals surface area (Å²) in [7, 11) is 0. The van der Waals surface area contributed by atoms with E-state index >= 15 is 0 Å². The minimum absolute atomic E-state index is 0.0786. The smallest absolute Gasteiger partial charge is 0.273 e. The molecule has 10 heteroatoms. The monoisotopic (exact) mass is 478 g/mol. The van der Waals surface area contributed by atoms with Crippen molar-refractivity contribution in [2.45, 2.75) is 19.4 Å². The highest BCUT2D eigenvalue weighted by atomic mass is 35.5. The van der Waals surface area contributed by atoms with Gasteiger partial charge in [-0.1, -0.05) is 29.3 Å². The van der Waals surface area contributed by atoms with E-state index in [0.29, 0.717) is 52.0 Å². The van der Waals surface area contributed by atoms with Gasteiger partial charge < -0.3 is 20.0 Å². The van der Waals surface area contributed by atoms with E-state index in [1.165, 1.54) is 11.3 Å². The first-order valence-corrected chi connectivity index (χ1v) is 11.4. The summed E-state index contributed by atoms with van der Waals surface area (Å²) < 4.78 is 5.24. The number of aromatic nitrogens is 1. The largest absolute Gasteiger partial charge is 0.467 e. The van der Waals surface area contributed by atoms with E-state index in [0.717, 1.165) is 12.8 Å². The Labute approximate surface area is 193 Å². The highest BCUT2D eigenvalue weighted by Crippen LogP contribution is 2.32. The van der Waals surface area contributed by atoms with E-state index in [9.17, 15) is 9.59 Å².